The average molecular weight is 546 g/mol. The van der Waals surface area contributed by atoms with Gasteiger partial charge in [0.2, 0.25) is 5.69 Å². The summed E-state index contributed by atoms with van der Waals surface area (Å²) in [5.74, 6) is -2.10. The minimum Gasteiger partial charge on any atom is -0.618 e. The zero-order valence-corrected chi connectivity index (χ0v) is 21.5. The van der Waals surface area contributed by atoms with Crippen molar-refractivity contribution in [2.45, 2.75) is 58.0 Å². The Morgan fingerprint density at radius 1 is 1.08 bits per heavy atom. The summed E-state index contributed by atoms with van der Waals surface area (Å²) in [5, 5.41) is 12.9. The Bertz CT molecular complexity index is 1320. The first kappa shape index (κ1) is 27.6. The number of Topliss-reactive ketones (excluding diaryl/α,β-unsaturated/α-hetero) is 2. The molecule has 0 radical (unpaired) electrons. The predicted octanol–water partition coefficient (Wildman–Crippen LogP) is 7.06. The first-order valence-corrected chi connectivity index (χ1v) is 12.8. The van der Waals surface area contributed by atoms with E-state index >= 15 is 0 Å². The molecule has 1 unspecified atom stereocenters. The molecular formula is C29H27ClF3NO4. The van der Waals surface area contributed by atoms with Gasteiger partial charge in [-0.15, -0.1) is 0 Å². The number of halogens is 4. The average Bonchev–Trinajstić information content (AvgIpc) is 3.38. The molecule has 0 saturated heterocycles. The molecule has 1 heterocycles. The molecule has 0 aliphatic heterocycles. The molecule has 3 aromatic rings. The van der Waals surface area contributed by atoms with Crippen molar-refractivity contribution in [3.8, 4) is 16.9 Å². The van der Waals surface area contributed by atoms with E-state index in [9.17, 15) is 28.0 Å². The van der Waals surface area contributed by atoms with Crippen molar-refractivity contribution < 1.29 is 32.2 Å². The second-order valence-electron chi connectivity index (χ2n) is 9.62. The zero-order chi connectivity index (χ0) is 27.4. The third-order valence-electron chi connectivity index (χ3n) is 7.03. The molecule has 0 N–H and O–H groups in total. The lowest BCUT2D eigenvalue weighted by Gasteiger charge is -2.20. The van der Waals surface area contributed by atoms with Crippen LogP contribution in [0.1, 0.15) is 66.6 Å². The molecule has 1 aromatic heterocycles. The Balaban J connectivity index is 1.67. The standard InChI is InChI=1S/C29H27ClF3NO4/c1-17(35)20-8-6-19(7-9-20)15-25(36)22(14-18-4-2-3-5-18)24-12-10-21(16-34(24)37)27-26(38-29(32)33)13-11-23(30)28(27)31/h6-13,16,18,22,29H,2-5,14-15H2,1H3. The van der Waals surface area contributed by atoms with Crippen molar-refractivity contribution in [1.29, 1.82) is 0 Å². The number of rotatable bonds is 10. The molecule has 200 valence electrons. The molecule has 0 spiro atoms. The Hall–Kier alpha value is -3.39. The van der Waals surface area contributed by atoms with Crippen LogP contribution in [0.4, 0.5) is 13.2 Å². The molecule has 1 aliphatic rings. The van der Waals surface area contributed by atoms with E-state index in [-0.39, 0.29) is 39.8 Å². The van der Waals surface area contributed by atoms with E-state index in [1.54, 1.807) is 24.3 Å². The third kappa shape index (κ3) is 6.35. The minimum atomic E-state index is -3.20. The Morgan fingerprint density at radius 2 is 1.76 bits per heavy atom. The molecule has 38 heavy (non-hydrogen) atoms. The number of nitrogens with zero attached hydrogens (tertiary/aromatic N) is 1. The van der Waals surface area contributed by atoms with Crippen molar-refractivity contribution in [2.24, 2.45) is 5.92 Å². The summed E-state index contributed by atoms with van der Waals surface area (Å²) in [6, 6.07) is 11.8. The van der Waals surface area contributed by atoms with Gasteiger partial charge in [0.05, 0.1) is 16.1 Å². The first-order valence-electron chi connectivity index (χ1n) is 12.4. The van der Waals surface area contributed by atoms with E-state index in [0.717, 1.165) is 49.6 Å². The fraction of sp³-hybridized carbons (Fsp3) is 0.345. The second-order valence-corrected chi connectivity index (χ2v) is 10.0. The maximum atomic E-state index is 14.9. The van der Waals surface area contributed by atoms with Gasteiger partial charge in [-0.2, -0.15) is 13.5 Å². The fourth-order valence-corrected chi connectivity index (χ4v) is 5.24. The topological polar surface area (TPSA) is 70.3 Å². The lowest BCUT2D eigenvalue weighted by Crippen LogP contribution is -2.36. The Morgan fingerprint density at radius 3 is 2.37 bits per heavy atom. The minimum absolute atomic E-state index is 0.00807. The van der Waals surface area contributed by atoms with Gasteiger partial charge in [-0.05, 0) is 43.0 Å². The predicted molar refractivity (Wildman–Crippen MR) is 137 cm³/mol. The molecule has 0 bridgehead atoms. The number of hydrogen-bond acceptors (Lipinski definition) is 4. The maximum absolute atomic E-state index is 14.9. The van der Waals surface area contributed by atoms with Gasteiger partial charge in [0.1, 0.15) is 11.7 Å². The summed E-state index contributed by atoms with van der Waals surface area (Å²) in [4.78, 5) is 25.1. The highest BCUT2D eigenvalue weighted by Gasteiger charge is 2.32. The van der Waals surface area contributed by atoms with Crippen LogP contribution in [-0.2, 0) is 11.2 Å². The van der Waals surface area contributed by atoms with Crippen molar-refractivity contribution in [3.63, 3.8) is 0 Å². The zero-order valence-electron chi connectivity index (χ0n) is 20.8. The highest BCUT2D eigenvalue weighted by molar-refractivity contribution is 6.31. The van der Waals surface area contributed by atoms with Gasteiger partial charge < -0.3 is 9.94 Å². The number of carbonyl (C=O) groups is 2. The summed E-state index contributed by atoms with van der Waals surface area (Å²) in [6.07, 6.45) is 5.69. The van der Waals surface area contributed by atoms with Gasteiger partial charge in [0, 0.05) is 18.1 Å². The van der Waals surface area contributed by atoms with Crippen LogP contribution in [0.25, 0.3) is 11.1 Å². The van der Waals surface area contributed by atoms with Crippen LogP contribution < -0.4 is 9.47 Å². The summed E-state index contributed by atoms with van der Waals surface area (Å²) in [6.45, 7) is -1.74. The van der Waals surface area contributed by atoms with E-state index in [4.69, 9.17) is 11.6 Å². The quantitative estimate of drug-likeness (QED) is 0.155. The molecular weight excluding hydrogens is 519 g/mol. The van der Waals surface area contributed by atoms with E-state index in [2.05, 4.69) is 4.74 Å². The molecule has 1 fully saturated rings. The van der Waals surface area contributed by atoms with Crippen LogP contribution in [0.15, 0.2) is 54.7 Å². The summed E-state index contributed by atoms with van der Waals surface area (Å²) in [5.41, 5.74) is 1.09. The summed E-state index contributed by atoms with van der Waals surface area (Å²) < 4.78 is 45.7. The molecule has 9 heteroatoms. The van der Waals surface area contributed by atoms with Gasteiger partial charge in [0.25, 0.3) is 0 Å². The number of benzene rings is 2. The number of pyridine rings is 1. The van der Waals surface area contributed by atoms with E-state index in [1.807, 2.05) is 0 Å². The number of alkyl halides is 2. The molecule has 1 saturated carbocycles. The van der Waals surface area contributed by atoms with Crippen molar-refractivity contribution in [1.82, 2.24) is 0 Å². The lowest BCUT2D eigenvalue weighted by atomic mass is 9.85. The van der Waals surface area contributed by atoms with Crippen molar-refractivity contribution in [2.75, 3.05) is 0 Å². The molecule has 0 amide bonds. The number of ether oxygens (including phenoxy) is 1. The largest absolute Gasteiger partial charge is 0.618 e. The van der Waals surface area contributed by atoms with Gasteiger partial charge in [0.15, 0.2) is 23.6 Å². The number of hydrogen-bond donors (Lipinski definition) is 0. The summed E-state index contributed by atoms with van der Waals surface area (Å²) in [7, 11) is 0. The first-order chi connectivity index (χ1) is 18.1. The van der Waals surface area contributed by atoms with Crippen LogP contribution in [-0.4, -0.2) is 18.2 Å². The second kappa shape index (κ2) is 12.0. The molecule has 1 atom stereocenters. The normalized spacial score (nSPS) is 14.6. The van der Waals surface area contributed by atoms with Gasteiger partial charge in [-0.1, -0.05) is 61.5 Å². The molecule has 1 aliphatic carbocycles. The van der Waals surface area contributed by atoms with Gasteiger partial charge >= 0.3 is 6.61 Å². The molecule has 4 rings (SSSR count). The maximum Gasteiger partial charge on any atom is 0.387 e. The Kier molecular flexibility index (Phi) is 8.72. The van der Waals surface area contributed by atoms with Crippen LogP contribution >= 0.6 is 11.6 Å². The molecule has 2 aromatic carbocycles. The number of ketones is 2. The van der Waals surface area contributed by atoms with Crippen LogP contribution in [0.5, 0.6) is 5.75 Å². The fourth-order valence-electron chi connectivity index (χ4n) is 5.08. The van der Waals surface area contributed by atoms with Crippen molar-refractivity contribution >= 4 is 23.2 Å². The number of aromatic nitrogens is 1. The van der Waals surface area contributed by atoms with Gasteiger partial charge in [-0.25, -0.2) is 4.39 Å². The van der Waals surface area contributed by atoms with Crippen LogP contribution in [0.3, 0.4) is 0 Å². The molecule has 5 nitrogen and oxygen atoms in total. The van der Waals surface area contributed by atoms with Gasteiger partial charge in [-0.3, -0.25) is 9.59 Å². The van der Waals surface area contributed by atoms with E-state index < -0.39 is 24.1 Å². The lowest BCUT2D eigenvalue weighted by molar-refractivity contribution is -0.614. The summed E-state index contributed by atoms with van der Waals surface area (Å²) >= 11 is 5.87. The van der Waals surface area contributed by atoms with Crippen molar-refractivity contribution in [3.05, 3.63) is 87.6 Å². The number of carbonyl (C=O) groups excluding carboxylic acids is 2. The SMILES string of the molecule is CC(=O)c1ccc(CC(=O)C(CC2CCCC2)c2ccc(-c3c(OC(F)F)ccc(Cl)c3F)c[n+]2[O-])cc1. The third-order valence-corrected chi connectivity index (χ3v) is 7.33. The highest BCUT2D eigenvalue weighted by Crippen LogP contribution is 2.38. The monoisotopic (exact) mass is 545 g/mol. The highest BCUT2D eigenvalue weighted by atomic mass is 35.5. The van der Waals surface area contributed by atoms with E-state index in [0.29, 0.717) is 22.6 Å². The Labute approximate surface area is 223 Å². The van der Waals surface area contributed by atoms with Crippen LogP contribution in [0.2, 0.25) is 5.02 Å². The smallest absolute Gasteiger partial charge is 0.387 e. The van der Waals surface area contributed by atoms with E-state index in [1.165, 1.54) is 19.1 Å². The van der Waals surface area contributed by atoms with Crippen LogP contribution in [0, 0.1) is 16.9 Å².